The molecule has 0 spiro atoms. The fourth-order valence-corrected chi connectivity index (χ4v) is 2.28. The maximum atomic E-state index is 11.8. The molecular formula is C17H13BrN2O3. The van der Waals surface area contributed by atoms with Gasteiger partial charge in [0.05, 0.1) is 17.2 Å². The normalized spacial score (nSPS) is 9.74. The van der Waals surface area contributed by atoms with Gasteiger partial charge in [-0.15, -0.1) is 0 Å². The number of nitriles is 1. The minimum absolute atomic E-state index is 0.240. The molecule has 0 aliphatic heterocycles. The summed E-state index contributed by atoms with van der Waals surface area (Å²) in [6, 6.07) is 15.6. The molecule has 0 radical (unpaired) electrons. The van der Waals surface area contributed by atoms with E-state index in [2.05, 4.69) is 21.2 Å². The second-order valence-electron chi connectivity index (χ2n) is 4.68. The maximum absolute atomic E-state index is 11.8. The SMILES string of the molecule is N#Cc1cccc(C(=O)OCC(=O)NCc2cccc(Br)c2)c1. The van der Waals surface area contributed by atoms with Crippen molar-refractivity contribution in [1.29, 1.82) is 5.26 Å². The van der Waals surface area contributed by atoms with Crippen molar-refractivity contribution in [2.45, 2.75) is 6.54 Å². The van der Waals surface area contributed by atoms with Crippen LogP contribution in [0.4, 0.5) is 0 Å². The van der Waals surface area contributed by atoms with Crippen molar-refractivity contribution in [3.05, 3.63) is 69.7 Å². The number of hydrogen-bond acceptors (Lipinski definition) is 4. The first-order valence-electron chi connectivity index (χ1n) is 6.77. The summed E-state index contributed by atoms with van der Waals surface area (Å²) in [7, 11) is 0. The monoisotopic (exact) mass is 372 g/mol. The molecule has 0 heterocycles. The molecule has 0 aliphatic rings. The number of nitrogens with zero attached hydrogens (tertiary/aromatic N) is 1. The Kier molecular flexibility index (Phi) is 5.89. The number of ether oxygens (including phenoxy) is 1. The van der Waals surface area contributed by atoms with E-state index in [1.807, 2.05) is 30.3 Å². The molecule has 2 aromatic carbocycles. The lowest BCUT2D eigenvalue weighted by molar-refractivity contribution is -0.124. The average molecular weight is 373 g/mol. The van der Waals surface area contributed by atoms with Crippen molar-refractivity contribution < 1.29 is 14.3 Å². The van der Waals surface area contributed by atoms with E-state index in [4.69, 9.17) is 10.00 Å². The zero-order valence-corrected chi connectivity index (χ0v) is 13.7. The van der Waals surface area contributed by atoms with E-state index in [1.165, 1.54) is 12.1 Å². The number of rotatable bonds is 5. The van der Waals surface area contributed by atoms with Crippen LogP contribution in [0.3, 0.4) is 0 Å². The van der Waals surface area contributed by atoms with Crippen LogP contribution in [0.5, 0.6) is 0 Å². The van der Waals surface area contributed by atoms with Gasteiger partial charge in [0.1, 0.15) is 0 Å². The van der Waals surface area contributed by atoms with Crippen LogP contribution < -0.4 is 5.32 Å². The highest BCUT2D eigenvalue weighted by Gasteiger charge is 2.10. The van der Waals surface area contributed by atoms with E-state index >= 15 is 0 Å². The molecule has 0 aromatic heterocycles. The zero-order chi connectivity index (χ0) is 16.7. The standard InChI is InChI=1S/C17H13BrN2O3/c18-15-6-2-4-13(8-15)10-20-16(21)11-23-17(22)14-5-1-3-12(7-14)9-19/h1-8H,10-11H2,(H,20,21). The molecule has 0 fully saturated rings. The van der Waals surface area contributed by atoms with Crippen molar-refractivity contribution in [2.75, 3.05) is 6.61 Å². The van der Waals surface area contributed by atoms with Crippen molar-refractivity contribution in [3.8, 4) is 6.07 Å². The fraction of sp³-hybridized carbons (Fsp3) is 0.118. The summed E-state index contributed by atoms with van der Waals surface area (Å²) < 4.78 is 5.86. The predicted octanol–water partition coefficient (Wildman–Crippen LogP) is 2.79. The minimum Gasteiger partial charge on any atom is -0.452 e. The second-order valence-corrected chi connectivity index (χ2v) is 5.59. The van der Waals surface area contributed by atoms with Crippen LogP contribution >= 0.6 is 15.9 Å². The molecule has 1 N–H and O–H groups in total. The first-order chi connectivity index (χ1) is 11.1. The number of benzene rings is 2. The Bertz CT molecular complexity index is 768. The Morgan fingerprint density at radius 2 is 1.96 bits per heavy atom. The highest BCUT2D eigenvalue weighted by molar-refractivity contribution is 9.10. The smallest absolute Gasteiger partial charge is 0.338 e. The number of esters is 1. The van der Waals surface area contributed by atoms with Crippen LogP contribution in [0.1, 0.15) is 21.5 Å². The van der Waals surface area contributed by atoms with Gasteiger partial charge in [-0.1, -0.05) is 34.1 Å². The van der Waals surface area contributed by atoms with Gasteiger partial charge in [0, 0.05) is 11.0 Å². The summed E-state index contributed by atoms with van der Waals surface area (Å²) in [6.45, 7) is -0.0244. The number of amides is 1. The Morgan fingerprint density at radius 1 is 1.17 bits per heavy atom. The lowest BCUT2D eigenvalue weighted by Crippen LogP contribution is -2.28. The molecule has 23 heavy (non-hydrogen) atoms. The van der Waals surface area contributed by atoms with Crippen molar-refractivity contribution in [2.24, 2.45) is 0 Å². The Morgan fingerprint density at radius 3 is 2.70 bits per heavy atom. The van der Waals surface area contributed by atoms with Crippen LogP contribution in [0.2, 0.25) is 0 Å². The predicted molar refractivity (Wildman–Crippen MR) is 87.4 cm³/mol. The lowest BCUT2D eigenvalue weighted by Gasteiger charge is -2.07. The molecule has 2 rings (SSSR count). The molecular weight excluding hydrogens is 360 g/mol. The van der Waals surface area contributed by atoms with Crippen LogP contribution in [0.15, 0.2) is 53.0 Å². The Balaban J connectivity index is 1.82. The quantitative estimate of drug-likeness (QED) is 0.818. The van der Waals surface area contributed by atoms with Crippen LogP contribution in [-0.4, -0.2) is 18.5 Å². The second kappa shape index (κ2) is 8.11. The summed E-state index contributed by atoms with van der Waals surface area (Å²) in [5.74, 6) is -1.03. The van der Waals surface area contributed by atoms with E-state index in [0.29, 0.717) is 12.1 Å². The topological polar surface area (TPSA) is 79.2 Å². The van der Waals surface area contributed by atoms with Gasteiger partial charge in [0.15, 0.2) is 6.61 Å². The van der Waals surface area contributed by atoms with E-state index in [0.717, 1.165) is 10.0 Å². The third kappa shape index (κ3) is 5.24. The minimum atomic E-state index is -0.639. The molecule has 5 nitrogen and oxygen atoms in total. The van der Waals surface area contributed by atoms with Crippen LogP contribution in [-0.2, 0) is 16.1 Å². The van der Waals surface area contributed by atoms with Gasteiger partial charge in [0.2, 0.25) is 0 Å². The Hall–Kier alpha value is -2.65. The largest absolute Gasteiger partial charge is 0.452 e. The number of carbonyl (C=O) groups is 2. The third-order valence-electron chi connectivity index (χ3n) is 2.94. The van der Waals surface area contributed by atoms with E-state index in [-0.39, 0.29) is 12.2 Å². The summed E-state index contributed by atoms with van der Waals surface area (Å²) in [6.07, 6.45) is 0. The molecule has 0 aliphatic carbocycles. The van der Waals surface area contributed by atoms with E-state index < -0.39 is 11.9 Å². The van der Waals surface area contributed by atoms with Gasteiger partial charge in [-0.2, -0.15) is 5.26 Å². The molecule has 0 saturated carbocycles. The molecule has 0 bridgehead atoms. The number of hydrogen-bond donors (Lipinski definition) is 1. The fourth-order valence-electron chi connectivity index (χ4n) is 1.83. The average Bonchev–Trinajstić information content (AvgIpc) is 2.58. The highest BCUT2D eigenvalue weighted by atomic mass is 79.9. The van der Waals surface area contributed by atoms with E-state index in [1.54, 1.807) is 12.1 Å². The molecule has 1 amide bonds. The van der Waals surface area contributed by atoms with Crippen LogP contribution in [0.25, 0.3) is 0 Å². The van der Waals surface area contributed by atoms with Crippen molar-refractivity contribution in [3.63, 3.8) is 0 Å². The van der Waals surface area contributed by atoms with Crippen LogP contribution in [0, 0.1) is 11.3 Å². The Labute approximate surface area is 142 Å². The lowest BCUT2D eigenvalue weighted by atomic mass is 10.1. The third-order valence-corrected chi connectivity index (χ3v) is 3.43. The molecule has 2 aromatic rings. The number of nitrogens with one attached hydrogen (secondary N) is 1. The van der Waals surface area contributed by atoms with Gasteiger partial charge >= 0.3 is 5.97 Å². The van der Waals surface area contributed by atoms with Gasteiger partial charge < -0.3 is 10.1 Å². The molecule has 0 unspecified atom stereocenters. The van der Waals surface area contributed by atoms with E-state index in [9.17, 15) is 9.59 Å². The number of halogens is 1. The van der Waals surface area contributed by atoms with Crippen molar-refractivity contribution in [1.82, 2.24) is 5.32 Å². The molecule has 6 heteroatoms. The van der Waals surface area contributed by atoms with Gasteiger partial charge in [-0.25, -0.2) is 4.79 Å². The zero-order valence-electron chi connectivity index (χ0n) is 12.1. The van der Waals surface area contributed by atoms with Gasteiger partial charge in [-0.3, -0.25) is 4.79 Å². The summed E-state index contributed by atoms with van der Waals surface area (Å²) in [5, 5.41) is 11.5. The highest BCUT2D eigenvalue weighted by Crippen LogP contribution is 2.11. The first kappa shape index (κ1) is 16.7. The molecule has 0 saturated heterocycles. The molecule has 116 valence electrons. The molecule has 0 atom stereocenters. The first-order valence-corrected chi connectivity index (χ1v) is 7.56. The summed E-state index contributed by atoms with van der Waals surface area (Å²) >= 11 is 3.35. The maximum Gasteiger partial charge on any atom is 0.338 e. The van der Waals surface area contributed by atoms with Crippen molar-refractivity contribution >= 4 is 27.8 Å². The van der Waals surface area contributed by atoms with Gasteiger partial charge in [-0.05, 0) is 35.9 Å². The summed E-state index contributed by atoms with van der Waals surface area (Å²) in [4.78, 5) is 23.5. The van der Waals surface area contributed by atoms with Gasteiger partial charge in [0.25, 0.3) is 5.91 Å². The summed E-state index contributed by atoms with van der Waals surface area (Å²) in [5.41, 5.74) is 1.53. The number of carbonyl (C=O) groups excluding carboxylic acids is 2.